The predicted molar refractivity (Wildman–Crippen MR) is 51.5 cm³/mol. The maximum absolute atomic E-state index is 5.51. The quantitative estimate of drug-likeness (QED) is 0.730. The van der Waals surface area contributed by atoms with Crippen molar-refractivity contribution in [3.05, 3.63) is 11.1 Å². The van der Waals surface area contributed by atoms with Gasteiger partial charge in [0.25, 0.3) is 0 Å². The molecule has 1 fully saturated rings. The number of ether oxygens (including phenoxy) is 1. The van der Waals surface area contributed by atoms with E-state index >= 15 is 0 Å². The van der Waals surface area contributed by atoms with E-state index in [1.165, 1.54) is 12.8 Å². The topological polar surface area (TPSA) is 21.3 Å². The van der Waals surface area contributed by atoms with E-state index in [1.54, 1.807) is 5.54 Å². The van der Waals surface area contributed by atoms with E-state index in [4.69, 9.17) is 16.3 Å². The van der Waals surface area contributed by atoms with Crippen LogP contribution in [0.25, 0.3) is 0 Å². The Morgan fingerprint density at radius 1 is 1.75 bits per heavy atom. The van der Waals surface area contributed by atoms with Gasteiger partial charge < -0.3 is 10.1 Å². The molecule has 0 bridgehead atoms. The minimum absolute atomic E-state index is 0.424. The summed E-state index contributed by atoms with van der Waals surface area (Å²) in [6.07, 6.45) is 2.82. The van der Waals surface area contributed by atoms with Crippen LogP contribution in [0.15, 0.2) is 11.1 Å². The molecule has 0 saturated carbocycles. The van der Waals surface area contributed by atoms with Gasteiger partial charge in [0.15, 0.2) is 0 Å². The second-order valence-electron chi connectivity index (χ2n) is 3.22. The van der Waals surface area contributed by atoms with Gasteiger partial charge in [-0.25, -0.2) is 0 Å². The van der Waals surface area contributed by atoms with Gasteiger partial charge in [-0.3, -0.25) is 0 Å². The lowest BCUT2D eigenvalue weighted by Crippen LogP contribution is -2.27. The lowest BCUT2D eigenvalue weighted by Gasteiger charge is -2.10. The van der Waals surface area contributed by atoms with Crippen LogP contribution in [0.4, 0.5) is 0 Å². The van der Waals surface area contributed by atoms with Crippen LogP contribution in [0.1, 0.15) is 19.8 Å². The van der Waals surface area contributed by atoms with Gasteiger partial charge in [0.05, 0.1) is 6.10 Å². The van der Waals surface area contributed by atoms with Crippen molar-refractivity contribution in [2.75, 3.05) is 19.7 Å². The highest BCUT2D eigenvalue weighted by molar-refractivity contribution is 6.25. The molecule has 12 heavy (non-hydrogen) atoms. The maximum atomic E-state index is 5.51. The largest absolute Gasteiger partial charge is 0.377 e. The SMILES string of the molecule is CC(=CCl)CNCC1CCCO1. The van der Waals surface area contributed by atoms with Crippen LogP contribution < -0.4 is 5.32 Å². The number of hydrogen-bond donors (Lipinski definition) is 1. The lowest BCUT2D eigenvalue weighted by molar-refractivity contribution is 0.111. The summed E-state index contributed by atoms with van der Waals surface area (Å²) in [4.78, 5) is 0. The maximum Gasteiger partial charge on any atom is 0.0700 e. The molecule has 0 spiro atoms. The van der Waals surface area contributed by atoms with Crippen LogP contribution in [-0.2, 0) is 4.74 Å². The molecule has 0 aromatic heterocycles. The number of rotatable bonds is 4. The first-order chi connectivity index (χ1) is 5.83. The Bertz CT molecular complexity index is 153. The zero-order chi connectivity index (χ0) is 8.81. The molecule has 0 aromatic carbocycles. The summed E-state index contributed by atoms with van der Waals surface area (Å²) in [6.45, 7) is 4.75. The van der Waals surface area contributed by atoms with Crippen LogP contribution in [0, 0.1) is 0 Å². The van der Waals surface area contributed by atoms with Crippen molar-refractivity contribution in [3.8, 4) is 0 Å². The normalized spacial score (nSPS) is 24.8. The third-order valence-electron chi connectivity index (χ3n) is 1.99. The molecule has 1 aliphatic rings. The molecule has 1 heterocycles. The predicted octanol–water partition coefficient (Wildman–Crippen LogP) is 1.90. The van der Waals surface area contributed by atoms with Crippen molar-refractivity contribution in [1.82, 2.24) is 5.32 Å². The van der Waals surface area contributed by atoms with Gasteiger partial charge in [-0.15, -0.1) is 0 Å². The fourth-order valence-electron chi connectivity index (χ4n) is 1.27. The molecule has 1 aliphatic heterocycles. The standard InChI is InChI=1S/C9H16ClNO/c1-8(5-10)6-11-7-9-3-2-4-12-9/h5,9,11H,2-4,6-7H2,1H3. The van der Waals surface area contributed by atoms with Gasteiger partial charge in [-0.1, -0.05) is 11.6 Å². The van der Waals surface area contributed by atoms with Gasteiger partial charge in [-0.05, 0) is 25.3 Å². The van der Waals surface area contributed by atoms with Gasteiger partial charge >= 0.3 is 0 Å². The van der Waals surface area contributed by atoms with Crippen molar-refractivity contribution < 1.29 is 4.74 Å². The molecule has 70 valence electrons. The lowest BCUT2D eigenvalue weighted by atomic mass is 10.2. The average molecular weight is 190 g/mol. The summed E-state index contributed by atoms with van der Waals surface area (Å²) in [5.74, 6) is 0. The highest BCUT2D eigenvalue weighted by Crippen LogP contribution is 2.10. The van der Waals surface area contributed by atoms with Crippen molar-refractivity contribution in [1.29, 1.82) is 0 Å². The fraction of sp³-hybridized carbons (Fsp3) is 0.778. The molecule has 0 aliphatic carbocycles. The first kappa shape index (κ1) is 10.0. The van der Waals surface area contributed by atoms with Crippen LogP contribution in [0.2, 0.25) is 0 Å². The van der Waals surface area contributed by atoms with Crippen molar-refractivity contribution >= 4 is 11.6 Å². The van der Waals surface area contributed by atoms with Gasteiger partial charge in [0.1, 0.15) is 0 Å². The van der Waals surface area contributed by atoms with E-state index in [-0.39, 0.29) is 0 Å². The molecule has 0 aromatic rings. The van der Waals surface area contributed by atoms with Crippen molar-refractivity contribution in [3.63, 3.8) is 0 Å². The summed E-state index contributed by atoms with van der Waals surface area (Å²) >= 11 is 5.51. The zero-order valence-electron chi connectivity index (χ0n) is 7.48. The summed E-state index contributed by atoms with van der Waals surface area (Å²) in [5.41, 5.74) is 2.78. The molecule has 3 heteroatoms. The van der Waals surface area contributed by atoms with Gasteiger partial charge in [0.2, 0.25) is 0 Å². The van der Waals surface area contributed by atoms with E-state index in [2.05, 4.69) is 5.32 Å². The second kappa shape index (κ2) is 5.57. The molecule has 1 unspecified atom stereocenters. The van der Waals surface area contributed by atoms with Crippen LogP contribution in [0.3, 0.4) is 0 Å². The summed E-state index contributed by atoms with van der Waals surface area (Å²) in [7, 11) is 0. The Labute approximate surface area is 78.9 Å². The molecule has 1 atom stereocenters. The van der Waals surface area contributed by atoms with Crippen LogP contribution >= 0.6 is 11.6 Å². The third-order valence-corrected chi connectivity index (χ3v) is 2.36. The first-order valence-electron chi connectivity index (χ1n) is 4.41. The summed E-state index contributed by atoms with van der Waals surface area (Å²) in [6, 6.07) is 0. The fourth-order valence-corrected chi connectivity index (χ4v) is 1.35. The smallest absolute Gasteiger partial charge is 0.0700 e. The van der Waals surface area contributed by atoms with Gasteiger partial charge in [-0.2, -0.15) is 0 Å². The van der Waals surface area contributed by atoms with Crippen LogP contribution in [0.5, 0.6) is 0 Å². The summed E-state index contributed by atoms with van der Waals surface area (Å²) in [5, 5.41) is 3.30. The Balaban J connectivity index is 2.01. The Kier molecular flexibility index (Phi) is 4.66. The van der Waals surface area contributed by atoms with Gasteiger partial charge in [0, 0.05) is 25.2 Å². The highest BCUT2D eigenvalue weighted by Gasteiger charge is 2.13. The minimum Gasteiger partial charge on any atom is -0.377 e. The molecule has 1 saturated heterocycles. The molecular weight excluding hydrogens is 174 g/mol. The van der Waals surface area contributed by atoms with Crippen molar-refractivity contribution in [2.24, 2.45) is 0 Å². The number of hydrogen-bond acceptors (Lipinski definition) is 2. The molecular formula is C9H16ClNO. The average Bonchev–Trinajstić information content (AvgIpc) is 2.57. The summed E-state index contributed by atoms with van der Waals surface area (Å²) < 4.78 is 5.45. The van der Waals surface area contributed by atoms with E-state index in [0.717, 1.165) is 25.3 Å². The molecule has 2 nitrogen and oxygen atoms in total. The van der Waals surface area contributed by atoms with Crippen LogP contribution in [-0.4, -0.2) is 25.8 Å². The second-order valence-corrected chi connectivity index (χ2v) is 3.44. The Morgan fingerprint density at radius 3 is 3.17 bits per heavy atom. The first-order valence-corrected chi connectivity index (χ1v) is 4.84. The monoisotopic (exact) mass is 189 g/mol. The molecule has 1 rings (SSSR count). The number of nitrogens with one attached hydrogen (secondary N) is 1. The Hall–Kier alpha value is -0.0500. The molecule has 0 radical (unpaired) electrons. The van der Waals surface area contributed by atoms with E-state index in [9.17, 15) is 0 Å². The minimum atomic E-state index is 0.424. The highest BCUT2D eigenvalue weighted by atomic mass is 35.5. The molecule has 1 N–H and O–H groups in total. The van der Waals surface area contributed by atoms with E-state index < -0.39 is 0 Å². The Morgan fingerprint density at radius 2 is 2.58 bits per heavy atom. The van der Waals surface area contributed by atoms with Crippen molar-refractivity contribution in [2.45, 2.75) is 25.9 Å². The third kappa shape index (κ3) is 3.57. The number of halogens is 1. The molecule has 0 amide bonds. The van der Waals surface area contributed by atoms with E-state index in [0.29, 0.717) is 6.10 Å². The van der Waals surface area contributed by atoms with E-state index in [1.807, 2.05) is 6.92 Å². The zero-order valence-corrected chi connectivity index (χ0v) is 8.23.